The van der Waals surface area contributed by atoms with Crippen molar-refractivity contribution in [1.82, 2.24) is 4.90 Å². The maximum absolute atomic E-state index is 10.1. The van der Waals surface area contributed by atoms with E-state index in [2.05, 4.69) is 18.7 Å². The van der Waals surface area contributed by atoms with Gasteiger partial charge in [-0.25, -0.2) is 0 Å². The van der Waals surface area contributed by atoms with Crippen LogP contribution in [0.25, 0.3) is 0 Å². The molecule has 0 aromatic carbocycles. The monoisotopic (exact) mass is 243 g/mol. The highest BCUT2D eigenvalue weighted by atomic mass is 16.3. The molecule has 0 bridgehead atoms. The molecule has 102 valence electrons. The van der Waals surface area contributed by atoms with Crippen molar-refractivity contribution < 1.29 is 10.2 Å². The molecule has 1 saturated carbocycles. The van der Waals surface area contributed by atoms with Crippen molar-refractivity contribution >= 4 is 0 Å². The van der Waals surface area contributed by atoms with E-state index in [0.29, 0.717) is 5.92 Å². The van der Waals surface area contributed by atoms with Gasteiger partial charge in [-0.15, -0.1) is 0 Å². The quantitative estimate of drug-likeness (QED) is 0.717. The zero-order valence-corrected chi connectivity index (χ0v) is 11.4. The van der Waals surface area contributed by atoms with E-state index in [-0.39, 0.29) is 12.7 Å². The zero-order valence-electron chi connectivity index (χ0n) is 11.4. The molecule has 0 aliphatic heterocycles. The van der Waals surface area contributed by atoms with E-state index in [1.807, 2.05) is 0 Å². The molecule has 0 spiro atoms. The lowest BCUT2D eigenvalue weighted by molar-refractivity contribution is 0.0267. The molecule has 1 aliphatic rings. The maximum atomic E-state index is 10.1. The Morgan fingerprint density at radius 1 is 1.24 bits per heavy atom. The van der Waals surface area contributed by atoms with Gasteiger partial charge in [0.2, 0.25) is 0 Å². The van der Waals surface area contributed by atoms with Gasteiger partial charge in [0, 0.05) is 19.7 Å². The fourth-order valence-electron chi connectivity index (χ4n) is 2.92. The molecule has 0 heterocycles. The van der Waals surface area contributed by atoms with E-state index in [9.17, 15) is 5.11 Å². The second-order valence-electron chi connectivity index (χ2n) is 5.39. The Morgan fingerprint density at radius 2 is 2.00 bits per heavy atom. The third-order valence-corrected chi connectivity index (χ3v) is 4.20. The maximum Gasteiger partial charge on any atom is 0.0580 e. The summed E-state index contributed by atoms with van der Waals surface area (Å²) in [4.78, 5) is 2.36. The summed E-state index contributed by atoms with van der Waals surface area (Å²) in [6, 6.07) is 0. The number of aliphatic hydroxyl groups is 2. The molecular formula is C14H29NO2. The zero-order chi connectivity index (χ0) is 12.7. The molecule has 0 amide bonds. The lowest BCUT2D eigenvalue weighted by atomic mass is 9.78. The average molecular weight is 243 g/mol. The average Bonchev–Trinajstić information content (AvgIpc) is 2.36. The normalized spacial score (nSPS) is 29.8. The minimum absolute atomic E-state index is 0.110. The van der Waals surface area contributed by atoms with Crippen molar-refractivity contribution in [2.45, 2.75) is 52.1 Å². The Kier molecular flexibility index (Phi) is 7.09. The van der Waals surface area contributed by atoms with Gasteiger partial charge < -0.3 is 15.1 Å². The van der Waals surface area contributed by atoms with Crippen LogP contribution in [0.15, 0.2) is 0 Å². The summed E-state index contributed by atoms with van der Waals surface area (Å²) in [7, 11) is 0. The highest BCUT2D eigenvalue weighted by Gasteiger charge is 2.29. The molecule has 0 aromatic rings. The second kappa shape index (κ2) is 8.06. The summed E-state index contributed by atoms with van der Waals surface area (Å²) in [6.45, 7) is 7.63. The Labute approximate surface area is 106 Å². The Morgan fingerprint density at radius 3 is 2.59 bits per heavy atom. The van der Waals surface area contributed by atoms with Crippen LogP contribution in [0.4, 0.5) is 0 Å². The first-order valence-electron chi connectivity index (χ1n) is 7.22. The number of rotatable bonds is 7. The van der Waals surface area contributed by atoms with Crippen LogP contribution in [0.2, 0.25) is 0 Å². The van der Waals surface area contributed by atoms with Gasteiger partial charge in [0.25, 0.3) is 0 Å². The van der Waals surface area contributed by atoms with E-state index in [0.717, 1.165) is 38.4 Å². The van der Waals surface area contributed by atoms with Crippen LogP contribution in [0.5, 0.6) is 0 Å². The number of nitrogens with zero attached hydrogens (tertiary/aromatic N) is 1. The van der Waals surface area contributed by atoms with Crippen LogP contribution < -0.4 is 0 Å². The number of aliphatic hydroxyl groups excluding tert-OH is 2. The van der Waals surface area contributed by atoms with Crippen LogP contribution in [-0.2, 0) is 0 Å². The summed E-state index contributed by atoms with van der Waals surface area (Å²) in [6.07, 6.45) is 5.31. The van der Waals surface area contributed by atoms with Crippen LogP contribution >= 0.6 is 0 Å². The van der Waals surface area contributed by atoms with Gasteiger partial charge >= 0.3 is 0 Å². The first kappa shape index (κ1) is 14.9. The highest BCUT2D eigenvalue weighted by molar-refractivity contribution is 4.81. The van der Waals surface area contributed by atoms with Crippen molar-refractivity contribution in [3.05, 3.63) is 0 Å². The lowest BCUT2D eigenvalue weighted by Gasteiger charge is -2.36. The van der Waals surface area contributed by atoms with Gasteiger partial charge in [-0.3, -0.25) is 0 Å². The smallest absolute Gasteiger partial charge is 0.0580 e. The minimum atomic E-state index is -0.110. The molecule has 1 rings (SSSR count). The molecule has 0 radical (unpaired) electrons. The molecule has 3 atom stereocenters. The van der Waals surface area contributed by atoms with Crippen molar-refractivity contribution in [2.75, 3.05) is 26.2 Å². The molecule has 17 heavy (non-hydrogen) atoms. The second-order valence-corrected chi connectivity index (χ2v) is 5.39. The summed E-state index contributed by atoms with van der Waals surface area (Å²) in [5.41, 5.74) is 0. The molecule has 1 fully saturated rings. The standard InChI is InChI=1S/C14H29NO2/c1-3-12-6-7-14(17)13(10-12)11-15(4-2)8-5-9-16/h12-14,16-17H,3-11H2,1-2H3. The van der Waals surface area contributed by atoms with E-state index < -0.39 is 0 Å². The summed E-state index contributed by atoms with van der Waals surface area (Å²) >= 11 is 0. The SMILES string of the molecule is CCC1CCC(O)C(CN(CC)CCCO)C1. The summed E-state index contributed by atoms with van der Waals surface area (Å²) < 4.78 is 0. The van der Waals surface area contributed by atoms with Crippen LogP contribution in [0.1, 0.15) is 46.0 Å². The lowest BCUT2D eigenvalue weighted by Crippen LogP contribution is -2.39. The molecule has 3 heteroatoms. The molecule has 2 N–H and O–H groups in total. The topological polar surface area (TPSA) is 43.7 Å². The number of hydrogen-bond acceptors (Lipinski definition) is 3. The van der Waals surface area contributed by atoms with E-state index in [1.54, 1.807) is 0 Å². The fraction of sp³-hybridized carbons (Fsp3) is 1.00. The van der Waals surface area contributed by atoms with E-state index in [4.69, 9.17) is 5.11 Å². The molecule has 0 aromatic heterocycles. The van der Waals surface area contributed by atoms with Gasteiger partial charge in [0.15, 0.2) is 0 Å². The van der Waals surface area contributed by atoms with Gasteiger partial charge in [-0.2, -0.15) is 0 Å². The van der Waals surface area contributed by atoms with Gasteiger partial charge in [-0.05, 0) is 44.1 Å². The van der Waals surface area contributed by atoms with Gasteiger partial charge in [0.05, 0.1) is 6.10 Å². The minimum Gasteiger partial charge on any atom is -0.396 e. The Balaban J connectivity index is 2.40. The highest BCUT2D eigenvalue weighted by Crippen LogP contribution is 2.31. The number of hydrogen-bond donors (Lipinski definition) is 2. The first-order chi connectivity index (χ1) is 8.21. The van der Waals surface area contributed by atoms with Crippen molar-refractivity contribution in [3.8, 4) is 0 Å². The van der Waals surface area contributed by atoms with E-state index in [1.165, 1.54) is 19.3 Å². The third kappa shape index (κ3) is 4.94. The molecule has 1 aliphatic carbocycles. The molecule has 3 nitrogen and oxygen atoms in total. The molecule has 0 saturated heterocycles. The molecule has 3 unspecified atom stereocenters. The Bertz CT molecular complexity index is 199. The largest absolute Gasteiger partial charge is 0.396 e. The fourth-order valence-corrected chi connectivity index (χ4v) is 2.92. The van der Waals surface area contributed by atoms with Crippen molar-refractivity contribution in [3.63, 3.8) is 0 Å². The predicted molar refractivity (Wildman–Crippen MR) is 70.9 cm³/mol. The Hall–Kier alpha value is -0.120. The van der Waals surface area contributed by atoms with Crippen molar-refractivity contribution in [1.29, 1.82) is 0 Å². The van der Waals surface area contributed by atoms with Crippen LogP contribution in [0.3, 0.4) is 0 Å². The summed E-state index contributed by atoms with van der Waals surface area (Å²) in [5.74, 6) is 1.24. The van der Waals surface area contributed by atoms with Crippen molar-refractivity contribution in [2.24, 2.45) is 11.8 Å². The van der Waals surface area contributed by atoms with Gasteiger partial charge in [0.1, 0.15) is 0 Å². The predicted octanol–water partition coefficient (Wildman–Crippen LogP) is 1.88. The first-order valence-corrected chi connectivity index (χ1v) is 7.22. The third-order valence-electron chi connectivity index (χ3n) is 4.20. The van der Waals surface area contributed by atoms with E-state index >= 15 is 0 Å². The van der Waals surface area contributed by atoms with Crippen LogP contribution in [-0.4, -0.2) is 47.5 Å². The summed E-state index contributed by atoms with van der Waals surface area (Å²) in [5, 5.41) is 18.9. The molecular weight excluding hydrogens is 214 g/mol. The van der Waals surface area contributed by atoms with Gasteiger partial charge in [-0.1, -0.05) is 20.3 Å². The van der Waals surface area contributed by atoms with Crippen LogP contribution in [0, 0.1) is 11.8 Å².